The first kappa shape index (κ1) is 14.6. The van der Waals surface area contributed by atoms with Crippen LogP contribution in [0.15, 0.2) is 11.4 Å². The largest absolute Gasteiger partial charge is 0.327 e. The standard InChI is InChI=1S/C17H28N2S/c1-12-15(18)5-4-14(17(12,2)3)11-19-8-6-16-13(10-19)7-9-20-16/h7,9,12,14-15H,4-6,8,10-11,18H2,1-3H3. The highest BCUT2D eigenvalue weighted by atomic mass is 32.1. The summed E-state index contributed by atoms with van der Waals surface area (Å²) in [6.07, 6.45) is 3.74. The van der Waals surface area contributed by atoms with Crippen LogP contribution in [-0.4, -0.2) is 24.0 Å². The molecule has 3 unspecified atom stereocenters. The van der Waals surface area contributed by atoms with Gasteiger partial charge in [-0.1, -0.05) is 20.8 Å². The van der Waals surface area contributed by atoms with Crippen LogP contribution in [0.1, 0.15) is 44.1 Å². The Bertz CT molecular complexity index is 465. The highest BCUT2D eigenvalue weighted by molar-refractivity contribution is 7.10. The van der Waals surface area contributed by atoms with Crippen molar-refractivity contribution in [3.63, 3.8) is 0 Å². The van der Waals surface area contributed by atoms with E-state index >= 15 is 0 Å². The van der Waals surface area contributed by atoms with Crippen molar-refractivity contribution in [1.82, 2.24) is 4.90 Å². The summed E-state index contributed by atoms with van der Waals surface area (Å²) in [6, 6.07) is 2.71. The molecule has 1 saturated carbocycles. The van der Waals surface area contributed by atoms with Crippen molar-refractivity contribution in [3.8, 4) is 0 Å². The molecule has 2 aliphatic rings. The van der Waals surface area contributed by atoms with Gasteiger partial charge in [0.1, 0.15) is 0 Å². The molecule has 0 radical (unpaired) electrons. The first-order chi connectivity index (χ1) is 9.48. The van der Waals surface area contributed by atoms with Crippen LogP contribution in [0.25, 0.3) is 0 Å². The maximum atomic E-state index is 6.29. The molecule has 0 bridgehead atoms. The predicted octanol–water partition coefficient (Wildman–Crippen LogP) is 3.51. The zero-order valence-corrected chi connectivity index (χ0v) is 13.9. The third-order valence-corrected chi connectivity index (χ3v) is 7.10. The molecule has 1 aliphatic carbocycles. The Hall–Kier alpha value is -0.380. The van der Waals surface area contributed by atoms with E-state index in [0.29, 0.717) is 17.4 Å². The number of fused-ring (bicyclic) bond motifs is 1. The van der Waals surface area contributed by atoms with Crippen molar-refractivity contribution in [3.05, 3.63) is 21.9 Å². The lowest BCUT2D eigenvalue weighted by Gasteiger charge is -2.48. The third-order valence-electron chi connectivity index (χ3n) is 6.08. The van der Waals surface area contributed by atoms with Gasteiger partial charge in [0.15, 0.2) is 0 Å². The fraction of sp³-hybridized carbons (Fsp3) is 0.765. The molecule has 3 rings (SSSR count). The molecular formula is C17H28N2S. The highest BCUT2D eigenvalue weighted by Crippen LogP contribution is 2.45. The molecule has 0 aromatic carbocycles. The van der Waals surface area contributed by atoms with E-state index in [4.69, 9.17) is 5.73 Å². The van der Waals surface area contributed by atoms with E-state index in [1.165, 1.54) is 32.4 Å². The smallest absolute Gasteiger partial charge is 0.0245 e. The highest BCUT2D eigenvalue weighted by Gasteiger charge is 2.42. The van der Waals surface area contributed by atoms with Crippen molar-refractivity contribution in [2.75, 3.05) is 13.1 Å². The van der Waals surface area contributed by atoms with E-state index < -0.39 is 0 Å². The Morgan fingerprint density at radius 2 is 2.20 bits per heavy atom. The molecule has 1 aromatic rings. The molecule has 2 N–H and O–H groups in total. The number of hydrogen-bond donors (Lipinski definition) is 1. The van der Waals surface area contributed by atoms with Gasteiger partial charge in [-0.2, -0.15) is 0 Å². The molecule has 0 spiro atoms. The van der Waals surface area contributed by atoms with Gasteiger partial charge in [0, 0.05) is 30.6 Å². The Morgan fingerprint density at radius 3 is 3.00 bits per heavy atom. The van der Waals surface area contributed by atoms with Gasteiger partial charge in [-0.05, 0) is 53.5 Å². The van der Waals surface area contributed by atoms with Crippen LogP contribution in [0.3, 0.4) is 0 Å². The van der Waals surface area contributed by atoms with Gasteiger partial charge in [0.25, 0.3) is 0 Å². The molecule has 20 heavy (non-hydrogen) atoms. The van der Waals surface area contributed by atoms with E-state index in [0.717, 1.165) is 12.5 Å². The summed E-state index contributed by atoms with van der Waals surface area (Å²) < 4.78 is 0. The van der Waals surface area contributed by atoms with Gasteiger partial charge in [-0.3, -0.25) is 4.90 Å². The Labute approximate surface area is 127 Å². The van der Waals surface area contributed by atoms with Crippen LogP contribution >= 0.6 is 11.3 Å². The van der Waals surface area contributed by atoms with E-state index in [9.17, 15) is 0 Å². The van der Waals surface area contributed by atoms with Crippen LogP contribution in [0.2, 0.25) is 0 Å². The van der Waals surface area contributed by atoms with Crippen molar-refractivity contribution in [2.45, 2.75) is 52.6 Å². The molecular weight excluding hydrogens is 264 g/mol. The summed E-state index contributed by atoms with van der Waals surface area (Å²) in [4.78, 5) is 4.28. The van der Waals surface area contributed by atoms with Crippen LogP contribution in [0.4, 0.5) is 0 Å². The summed E-state index contributed by atoms with van der Waals surface area (Å²) in [5.41, 5.74) is 8.22. The van der Waals surface area contributed by atoms with E-state index in [2.05, 4.69) is 37.1 Å². The van der Waals surface area contributed by atoms with Crippen molar-refractivity contribution < 1.29 is 0 Å². The zero-order chi connectivity index (χ0) is 14.3. The second kappa shape index (κ2) is 5.43. The maximum Gasteiger partial charge on any atom is 0.0245 e. The topological polar surface area (TPSA) is 29.3 Å². The second-order valence-corrected chi connectivity index (χ2v) is 8.40. The number of rotatable bonds is 2. The first-order valence-electron chi connectivity index (χ1n) is 8.01. The van der Waals surface area contributed by atoms with E-state index in [1.807, 2.05) is 11.3 Å². The number of nitrogens with two attached hydrogens (primary N) is 1. The Balaban J connectivity index is 1.66. The minimum atomic E-state index is 0.368. The SMILES string of the molecule is CC1C(N)CCC(CN2CCc3sccc3C2)C1(C)C. The molecule has 3 heteroatoms. The van der Waals surface area contributed by atoms with E-state index in [-0.39, 0.29) is 0 Å². The van der Waals surface area contributed by atoms with Crippen LogP contribution in [0, 0.1) is 17.3 Å². The van der Waals surface area contributed by atoms with Crippen molar-refractivity contribution in [1.29, 1.82) is 0 Å². The number of nitrogens with zero attached hydrogens (tertiary/aromatic N) is 1. The average molecular weight is 292 g/mol. The number of thiophene rings is 1. The van der Waals surface area contributed by atoms with Gasteiger partial charge in [-0.15, -0.1) is 11.3 Å². The summed E-state index contributed by atoms with van der Waals surface area (Å²) in [5.74, 6) is 1.42. The maximum absolute atomic E-state index is 6.29. The number of hydrogen-bond acceptors (Lipinski definition) is 3. The molecule has 3 atom stereocenters. The molecule has 1 aliphatic heterocycles. The quantitative estimate of drug-likeness (QED) is 0.904. The lowest BCUT2D eigenvalue weighted by molar-refractivity contribution is 0.0258. The molecule has 2 nitrogen and oxygen atoms in total. The van der Waals surface area contributed by atoms with Crippen LogP contribution < -0.4 is 5.73 Å². The Kier molecular flexibility index (Phi) is 3.95. The molecule has 2 heterocycles. The van der Waals surface area contributed by atoms with Gasteiger partial charge in [0.2, 0.25) is 0 Å². The van der Waals surface area contributed by atoms with Gasteiger partial charge in [0.05, 0.1) is 0 Å². The van der Waals surface area contributed by atoms with Crippen molar-refractivity contribution >= 4 is 11.3 Å². The Morgan fingerprint density at radius 1 is 1.40 bits per heavy atom. The zero-order valence-electron chi connectivity index (χ0n) is 13.1. The van der Waals surface area contributed by atoms with Crippen LogP contribution in [0.5, 0.6) is 0 Å². The summed E-state index contributed by atoms with van der Waals surface area (Å²) in [6.45, 7) is 10.9. The first-order valence-corrected chi connectivity index (χ1v) is 8.89. The monoisotopic (exact) mass is 292 g/mol. The molecule has 1 fully saturated rings. The van der Waals surface area contributed by atoms with Gasteiger partial charge >= 0.3 is 0 Å². The lowest BCUT2D eigenvalue weighted by Crippen LogP contribution is -2.50. The summed E-state index contributed by atoms with van der Waals surface area (Å²) in [7, 11) is 0. The molecule has 1 aromatic heterocycles. The summed E-state index contributed by atoms with van der Waals surface area (Å²) >= 11 is 1.93. The van der Waals surface area contributed by atoms with Gasteiger partial charge < -0.3 is 5.73 Å². The van der Waals surface area contributed by atoms with Crippen LogP contribution in [-0.2, 0) is 13.0 Å². The average Bonchev–Trinajstić information content (AvgIpc) is 2.87. The predicted molar refractivity (Wildman–Crippen MR) is 86.9 cm³/mol. The molecule has 112 valence electrons. The fourth-order valence-electron chi connectivity index (χ4n) is 4.04. The fourth-order valence-corrected chi connectivity index (χ4v) is 4.93. The minimum Gasteiger partial charge on any atom is -0.327 e. The normalized spacial score (nSPS) is 33.9. The van der Waals surface area contributed by atoms with Crippen molar-refractivity contribution in [2.24, 2.45) is 23.0 Å². The molecule has 0 amide bonds. The second-order valence-electron chi connectivity index (χ2n) is 7.40. The lowest BCUT2D eigenvalue weighted by atomic mass is 9.61. The van der Waals surface area contributed by atoms with Gasteiger partial charge in [-0.25, -0.2) is 0 Å². The summed E-state index contributed by atoms with van der Waals surface area (Å²) in [5, 5.41) is 2.25. The van der Waals surface area contributed by atoms with E-state index in [1.54, 1.807) is 10.4 Å². The third kappa shape index (κ3) is 2.56. The molecule has 0 saturated heterocycles. The minimum absolute atomic E-state index is 0.368.